The van der Waals surface area contributed by atoms with Crippen molar-refractivity contribution in [2.24, 2.45) is 0 Å². The van der Waals surface area contributed by atoms with Crippen molar-refractivity contribution >= 4 is 41.4 Å². The Kier molecular flexibility index (Phi) is 15.5. The van der Waals surface area contributed by atoms with Crippen LogP contribution in [0.25, 0.3) is 0 Å². The molecule has 0 saturated heterocycles. The van der Waals surface area contributed by atoms with Crippen molar-refractivity contribution in [1.29, 1.82) is 0 Å². The van der Waals surface area contributed by atoms with Crippen molar-refractivity contribution in [3.05, 3.63) is 108 Å². The molecule has 0 aliphatic carbocycles. The zero-order valence-electron chi connectivity index (χ0n) is 30.2. The molecule has 0 fully saturated rings. The highest BCUT2D eigenvalue weighted by molar-refractivity contribution is 6.35. The lowest BCUT2D eigenvalue weighted by Crippen LogP contribution is -2.59. The first kappa shape index (κ1) is 42.4. The van der Waals surface area contributed by atoms with Gasteiger partial charge in [-0.3, -0.25) is 28.8 Å². The van der Waals surface area contributed by atoms with Crippen LogP contribution in [0.5, 0.6) is 0 Å². The number of nitrogens with one attached hydrogen (secondary N) is 4. The number of aliphatic carboxylic acids is 1. The molecular weight excluding hydrogens is 706 g/mol. The van der Waals surface area contributed by atoms with Gasteiger partial charge in [-0.1, -0.05) is 91.0 Å². The molecule has 1 unspecified atom stereocenters. The molecule has 0 spiro atoms. The number of Topliss-reactive ketones (excluding diaryl/α,β-unsaturated/α-hetero) is 1. The number of hydrogen-bond donors (Lipinski definition) is 5. The number of ketones is 1. The number of benzene rings is 3. The summed E-state index contributed by atoms with van der Waals surface area (Å²) in [6.07, 6.45) is -4.66. The zero-order chi connectivity index (χ0) is 40.0. The normalized spacial score (nSPS) is 13.5. The van der Waals surface area contributed by atoms with Gasteiger partial charge >= 0.3 is 11.9 Å². The van der Waals surface area contributed by atoms with Crippen LogP contribution in [-0.4, -0.2) is 82.7 Å². The molecule has 4 amide bonds. The molecule has 5 N–H and O–H groups in total. The SMILES string of the molecule is CC(=O)N[C@H](C(=O)N[C@@H](CCC(=O)OC(C)(C)C)C(=O)N[C@@H](Cc1ccccc1)C(=O)NC(C(=O)C(=O)O)C(F)F)C(c1ccccc1)c1ccccc1. The number of esters is 1. The molecule has 13 nitrogen and oxygen atoms in total. The number of carboxylic acid groups (broad SMARTS) is 1. The third-order valence-electron chi connectivity index (χ3n) is 7.94. The Morgan fingerprint density at radius 3 is 1.61 bits per heavy atom. The predicted molar refractivity (Wildman–Crippen MR) is 192 cm³/mol. The molecule has 0 bridgehead atoms. The van der Waals surface area contributed by atoms with E-state index < -0.39 is 89.9 Å². The zero-order valence-corrected chi connectivity index (χ0v) is 30.2. The van der Waals surface area contributed by atoms with Crippen LogP contribution in [0.15, 0.2) is 91.0 Å². The molecule has 15 heteroatoms. The molecule has 4 atom stereocenters. The molecule has 0 heterocycles. The second kappa shape index (κ2) is 19.7. The number of carboxylic acids is 1. The summed E-state index contributed by atoms with van der Waals surface area (Å²) in [6, 6.07) is 18.4. The average Bonchev–Trinajstić information content (AvgIpc) is 3.11. The van der Waals surface area contributed by atoms with Gasteiger partial charge in [0.2, 0.25) is 23.6 Å². The molecule has 0 aliphatic heterocycles. The van der Waals surface area contributed by atoms with Gasteiger partial charge in [0.1, 0.15) is 23.7 Å². The molecule has 3 aromatic carbocycles. The lowest BCUT2D eigenvalue weighted by atomic mass is 9.84. The second-order valence-corrected chi connectivity index (χ2v) is 13.4. The lowest BCUT2D eigenvalue weighted by Gasteiger charge is -2.30. The Labute approximate surface area is 311 Å². The summed E-state index contributed by atoms with van der Waals surface area (Å²) in [7, 11) is 0. The highest BCUT2D eigenvalue weighted by atomic mass is 19.3. The van der Waals surface area contributed by atoms with Gasteiger partial charge in [-0.2, -0.15) is 0 Å². The molecule has 3 rings (SSSR count). The highest BCUT2D eigenvalue weighted by Gasteiger charge is 2.38. The van der Waals surface area contributed by atoms with Crippen LogP contribution in [0.4, 0.5) is 8.78 Å². The topological polar surface area (TPSA) is 197 Å². The summed E-state index contributed by atoms with van der Waals surface area (Å²) >= 11 is 0. The number of amides is 4. The Morgan fingerprint density at radius 1 is 0.667 bits per heavy atom. The molecule has 54 heavy (non-hydrogen) atoms. The molecule has 3 aromatic rings. The van der Waals surface area contributed by atoms with Crippen molar-refractivity contribution in [2.45, 2.75) is 89.1 Å². The van der Waals surface area contributed by atoms with Crippen LogP contribution < -0.4 is 21.3 Å². The van der Waals surface area contributed by atoms with Crippen molar-refractivity contribution in [2.75, 3.05) is 0 Å². The largest absolute Gasteiger partial charge is 0.475 e. The fourth-order valence-electron chi connectivity index (χ4n) is 5.56. The van der Waals surface area contributed by atoms with Crippen LogP contribution in [0.1, 0.15) is 63.1 Å². The van der Waals surface area contributed by atoms with Crippen molar-refractivity contribution in [1.82, 2.24) is 21.3 Å². The van der Waals surface area contributed by atoms with E-state index in [1.165, 1.54) is 6.92 Å². The van der Waals surface area contributed by atoms with Gasteiger partial charge in [0, 0.05) is 25.7 Å². The maximum atomic E-state index is 14.2. The van der Waals surface area contributed by atoms with E-state index >= 15 is 0 Å². The first-order valence-electron chi connectivity index (χ1n) is 17.1. The van der Waals surface area contributed by atoms with Crippen molar-refractivity contribution in [3.8, 4) is 0 Å². The van der Waals surface area contributed by atoms with E-state index in [0.717, 1.165) is 0 Å². The first-order chi connectivity index (χ1) is 25.5. The highest BCUT2D eigenvalue weighted by Crippen LogP contribution is 2.29. The third kappa shape index (κ3) is 13.2. The van der Waals surface area contributed by atoms with Crippen LogP contribution in [0, 0.1) is 0 Å². The number of halogens is 2. The smallest absolute Gasteiger partial charge is 0.374 e. The van der Waals surface area contributed by atoms with Crippen LogP contribution in [0.2, 0.25) is 0 Å². The summed E-state index contributed by atoms with van der Waals surface area (Å²) in [5.41, 5.74) is 0.860. The fraction of sp³-hybridized carbons (Fsp3) is 0.359. The standard InChI is InChI=1S/C39H44F2N4O9/c1-23(46)42-31(30(25-16-10-6-11-17-25)26-18-12-7-13-19-26)37(51)43-27(20-21-29(47)54-39(2,3)4)35(49)44-28(22-24-14-8-5-9-15-24)36(50)45-32(34(40)41)33(48)38(52)53/h5-19,27-28,30-32,34H,20-22H2,1-4H3,(H,42,46)(H,43,51)(H,44,49)(H,45,50)(H,52,53)/t27-,28-,31-,32?/m0/s1. The van der Waals surface area contributed by atoms with Crippen molar-refractivity contribution in [3.63, 3.8) is 0 Å². The monoisotopic (exact) mass is 750 g/mol. The number of carbonyl (C=O) groups excluding carboxylic acids is 6. The quantitative estimate of drug-likeness (QED) is 0.0959. The minimum absolute atomic E-state index is 0.305. The van der Waals surface area contributed by atoms with Crippen LogP contribution >= 0.6 is 0 Å². The fourth-order valence-corrected chi connectivity index (χ4v) is 5.56. The number of hydrogen-bond acceptors (Lipinski definition) is 8. The van der Waals surface area contributed by atoms with E-state index in [1.807, 2.05) is 0 Å². The maximum Gasteiger partial charge on any atom is 0.374 e. The molecule has 288 valence electrons. The van der Waals surface area contributed by atoms with Gasteiger partial charge in [-0.05, 0) is 43.9 Å². The van der Waals surface area contributed by atoms with Crippen LogP contribution in [-0.2, 0) is 44.7 Å². The number of rotatable bonds is 18. The van der Waals surface area contributed by atoms with Crippen molar-refractivity contribution < 1.29 is 52.2 Å². The predicted octanol–water partition coefficient (Wildman–Crippen LogP) is 3.06. The minimum atomic E-state index is -3.60. The van der Waals surface area contributed by atoms with Gasteiger partial charge < -0.3 is 31.1 Å². The van der Waals surface area contributed by atoms with Gasteiger partial charge in [0.15, 0.2) is 6.04 Å². The van der Waals surface area contributed by atoms with Gasteiger partial charge in [0.05, 0.1) is 0 Å². The molecule has 0 aliphatic rings. The molecule has 0 radical (unpaired) electrons. The number of alkyl halides is 2. The second-order valence-electron chi connectivity index (χ2n) is 13.4. The van der Waals surface area contributed by atoms with E-state index in [1.54, 1.807) is 117 Å². The summed E-state index contributed by atoms with van der Waals surface area (Å²) in [5.74, 6) is -9.39. The molecule has 0 saturated carbocycles. The van der Waals surface area contributed by atoms with Gasteiger partial charge in [-0.25, -0.2) is 13.6 Å². The van der Waals surface area contributed by atoms with Crippen LogP contribution in [0.3, 0.4) is 0 Å². The van der Waals surface area contributed by atoms with E-state index in [4.69, 9.17) is 9.84 Å². The summed E-state index contributed by atoms with van der Waals surface area (Å²) in [4.78, 5) is 90.2. The van der Waals surface area contributed by atoms with Gasteiger partial charge in [0.25, 0.3) is 12.2 Å². The Balaban J connectivity index is 2.02. The van der Waals surface area contributed by atoms with E-state index in [2.05, 4.69) is 16.0 Å². The molecule has 0 aromatic heterocycles. The van der Waals surface area contributed by atoms with Gasteiger partial charge in [-0.15, -0.1) is 0 Å². The third-order valence-corrected chi connectivity index (χ3v) is 7.94. The molecular formula is C39H44F2N4O9. The minimum Gasteiger partial charge on any atom is -0.475 e. The Morgan fingerprint density at radius 2 is 1.15 bits per heavy atom. The van der Waals surface area contributed by atoms with E-state index in [-0.39, 0.29) is 12.8 Å². The summed E-state index contributed by atoms with van der Waals surface area (Å²) in [5, 5.41) is 18.5. The Bertz CT molecular complexity index is 1730. The average molecular weight is 751 g/mol. The first-order valence-corrected chi connectivity index (χ1v) is 17.1. The summed E-state index contributed by atoms with van der Waals surface area (Å²) < 4.78 is 32.9. The number of ether oxygens (including phenoxy) is 1. The van der Waals surface area contributed by atoms with E-state index in [9.17, 15) is 42.3 Å². The number of carbonyl (C=O) groups is 7. The van der Waals surface area contributed by atoms with E-state index in [0.29, 0.717) is 16.7 Å². The summed E-state index contributed by atoms with van der Waals surface area (Å²) in [6.45, 7) is 6.12. The Hall–Kier alpha value is -5.99. The lowest BCUT2D eigenvalue weighted by molar-refractivity contribution is -0.155. The maximum absolute atomic E-state index is 14.2.